The van der Waals surface area contributed by atoms with Gasteiger partial charge in [-0.2, -0.15) is 0 Å². The van der Waals surface area contributed by atoms with Crippen molar-refractivity contribution in [1.29, 1.82) is 0 Å². The molecule has 4 rings (SSSR count). The minimum Gasteiger partial charge on any atom is -0.450 e. The number of benzene rings is 4. The number of esters is 1. The van der Waals surface area contributed by atoms with Crippen LogP contribution in [-0.2, 0) is 14.1 Å². The lowest BCUT2D eigenvalue weighted by atomic mass is 10.0. The Kier molecular flexibility index (Phi) is 8.50. The van der Waals surface area contributed by atoms with Gasteiger partial charge in [-0.05, 0) is 35.4 Å². The molecule has 6 nitrogen and oxygen atoms in total. The van der Waals surface area contributed by atoms with E-state index in [4.69, 9.17) is 26.0 Å². The molecule has 1 N–H and O–H groups in total. The Bertz CT molecular complexity index is 1220. The van der Waals surface area contributed by atoms with Gasteiger partial charge in [0.1, 0.15) is 11.5 Å². The standard InChI is InChI=1S/C28H24NO5PS/c30-28(32-26(22-13-5-1-6-14-22)23-15-7-2-8-16-23)27(29-21-36)35(31,33-24-17-9-3-10-18-24)34-25-19-11-4-12-20-25/h1-21,26-27H,(H,29,36). The number of hydrogen-bond acceptors (Lipinski definition) is 6. The molecular weight excluding hydrogens is 493 g/mol. The van der Waals surface area contributed by atoms with Crippen molar-refractivity contribution in [1.82, 2.24) is 5.32 Å². The molecule has 1 atom stereocenters. The van der Waals surface area contributed by atoms with Gasteiger partial charge in [-0.25, -0.2) is 9.36 Å². The summed E-state index contributed by atoms with van der Waals surface area (Å²) in [5.41, 5.74) is 2.60. The monoisotopic (exact) mass is 517 g/mol. The summed E-state index contributed by atoms with van der Waals surface area (Å²) < 4.78 is 31.9. The van der Waals surface area contributed by atoms with Crippen molar-refractivity contribution in [3.05, 3.63) is 132 Å². The molecule has 0 aliphatic rings. The topological polar surface area (TPSA) is 73.9 Å². The predicted octanol–water partition coefficient (Wildman–Crippen LogP) is 6.54. The zero-order chi connectivity index (χ0) is 25.2. The van der Waals surface area contributed by atoms with Crippen LogP contribution in [0.4, 0.5) is 0 Å². The molecule has 0 amide bonds. The minimum absolute atomic E-state index is 0.267. The van der Waals surface area contributed by atoms with E-state index < -0.39 is 25.5 Å². The molecule has 0 aromatic heterocycles. The largest absolute Gasteiger partial charge is 0.464 e. The molecule has 0 heterocycles. The summed E-state index contributed by atoms with van der Waals surface area (Å²) >= 11 is 4.97. The molecule has 0 bridgehead atoms. The van der Waals surface area contributed by atoms with Crippen LogP contribution in [0.1, 0.15) is 17.2 Å². The van der Waals surface area contributed by atoms with Crippen LogP contribution in [0.15, 0.2) is 121 Å². The lowest BCUT2D eigenvalue weighted by molar-refractivity contribution is -0.147. The zero-order valence-electron chi connectivity index (χ0n) is 19.2. The highest BCUT2D eigenvalue weighted by molar-refractivity contribution is 7.78. The molecule has 182 valence electrons. The Labute approximate surface area is 215 Å². The van der Waals surface area contributed by atoms with Gasteiger partial charge in [-0.1, -0.05) is 109 Å². The third-order valence-electron chi connectivity index (χ3n) is 5.16. The average Bonchev–Trinajstić information content (AvgIpc) is 2.92. The first-order valence-electron chi connectivity index (χ1n) is 11.2. The number of carbonyl (C=O) groups excluding carboxylic acids is 1. The van der Waals surface area contributed by atoms with Gasteiger partial charge in [0.2, 0.25) is 0 Å². The number of thiocarbonyl (C=S) groups is 1. The van der Waals surface area contributed by atoms with Gasteiger partial charge in [0.25, 0.3) is 5.78 Å². The predicted molar refractivity (Wildman–Crippen MR) is 143 cm³/mol. The normalized spacial score (nSPS) is 11.8. The first-order valence-corrected chi connectivity index (χ1v) is 13.3. The highest BCUT2D eigenvalue weighted by Gasteiger charge is 2.46. The Hall–Kier alpha value is -3.93. The lowest BCUT2D eigenvalue weighted by Crippen LogP contribution is -2.40. The van der Waals surface area contributed by atoms with E-state index in [9.17, 15) is 9.36 Å². The number of hydrogen-bond donors (Lipinski definition) is 1. The molecule has 0 aliphatic carbocycles. The molecular formula is C28H24NO5PS. The highest BCUT2D eigenvalue weighted by atomic mass is 32.1. The van der Waals surface area contributed by atoms with Crippen molar-refractivity contribution in [3.63, 3.8) is 0 Å². The van der Waals surface area contributed by atoms with E-state index in [1.165, 1.54) is 0 Å². The van der Waals surface area contributed by atoms with E-state index in [1.54, 1.807) is 60.7 Å². The molecule has 0 saturated carbocycles. The van der Waals surface area contributed by atoms with Crippen LogP contribution in [-0.4, -0.2) is 17.2 Å². The quantitative estimate of drug-likeness (QED) is 0.138. The van der Waals surface area contributed by atoms with Crippen LogP contribution >= 0.6 is 19.8 Å². The van der Waals surface area contributed by atoms with Crippen molar-refractivity contribution in [3.8, 4) is 11.5 Å². The van der Waals surface area contributed by atoms with E-state index >= 15 is 0 Å². The summed E-state index contributed by atoms with van der Waals surface area (Å²) in [5, 5.41) is 2.67. The maximum Gasteiger partial charge on any atom is 0.464 e. The maximum absolute atomic E-state index is 14.3. The Morgan fingerprint density at radius 2 is 1.08 bits per heavy atom. The Morgan fingerprint density at radius 3 is 1.47 bits per heavy atom. The average molecular weight is 518 g/mol. The van der Waals surface area contributed by atoms with Crippen LogP contribution in [0.3, 0.4) is 0 Å². The van der Waals surface area contributed by atoms with E-state index in [0.717, 1.165) is 16.6 Å². The Balaban J connectivity index is 1.70. The van der Waals surface area contributed by atoms with Gasteiger partial charge in [0.05, 0.1) is 5.49 Å². The van der Waals surface area contributed by atoms with Crippen LogP contribution in [0.2, 0.25) is 0 Å². The van der Waals surface area contributed by atoms with Crippen molar-refractivity contribution >= 4 is 31.3 Å². The van der Waals surface area contributed by atoms with Crippen molar-refractivity contribution in [2.24, 2.45) is 0 Å². The van der Waals surface area contributed by atoms with Gasteiger partial charge in [0.15, 0.2) is 6.10 Å². The van der Waals surface area contributed by atoms with Gasteiger partial charge in [-0.15, -0.1) is 0 Å². The second-order valence-corrected chi connectivity index (χ2v) is 9.87. The van der Waals surface area contributed by atoms with Crippen molar-refractivity contribution in [2.45, 2.75) is 11.9 Å². The number of para-hydroxylation sites is 2. The fourth-order valence-corrected chi connectivity index (χ4v) is 5.39. The van der Waals surface area contributed by atoms with Crippen LogP contribution in [0, 0.1) is 0 Å². The molecule has 4 aromatic rings. The third-order valence-corrected chi connectivity index (χ3v) is 7.21. The molecule has 36 heavy (non-hydrogen) atoms. The van der Waals surface area contributed by atoms with E-state index in [-0.39, 0.29) is 11.5 Å². The minimum atomic E-state index is -4.27. The first-order chi connectivity index (χ1) is 17.6. The third kappa shape index (κ3) is 6.39. The van der Waals surface area contributed by atoms with Gasteiger partial charge >= 0.3 is 13.6 Å². The molecule has 8 heteroatoms. The summed E-state index contributed by atoms with van der Waals surface area (Å²) in [6.45, 7) is 0. The van der Waals surface area contributed by atoms with Gasteiger partial charge < -0.3 is 19.1 Å². The second-order valence-electron chi connectivity index (χ2n) is 7.67. The fraction of sp³-hybridized carbons (Fsp3) is 0.0714. The SMILES string of the molecule is O=C(OC(c1ccccc1)c1ccccc1)C(NC=S)P(=O)(Oc1ccccc1)Oc1ccccc1. The number of ether oxygens (including phenoxy) is 1. The smallest absolute Gasteiger partial charge is 0.450 e. The number of rotatable bonds is 11. The van der Waals surface area contributed by atoms with Crippen molar-refractivity contribution in [2.75, 3.05) is 0 Å². The second kappa shape index (κ2) is 12.2. The maximum atomic E-state index is 14.3. The highest BCUT2D eigenvalue weighted by Crippen LogP contribution is 2.52. The van der Waals surface area contributed by atoms with Crippen molar-refractivity contribution < 1.29 is 23.1 Å². The molecule has 0 radical (unpaired) electrons. The molecule has 4 aromatic carbocycles. The van der Waals surface area contributed by atoms with Gasteiger partial charge in [-0.3, -0.25) is 0 Å². The van der Waals surface area contributed by atoms with Crippen LogP contribution in [0.25, 0.3) is 0 Å². The molecule has 0 spiro atoms. The fourth-order valence-electron chi connectivity index (χ4n) is 3.50. The summed E-state index contributed by atoms with van der Waals surface area (Å²) in [5.74, 6) is -1.85. The lowest BCUT2D eigenvalue weighted by Gasteiger charge is -2.28. The zero-order valence-corrected chi connectivity index (χ0v) is 20.9. The Morgan fingerprint density at radius 1 is 0.694 bits per heavy atom. The summed E-state index contributed by atoms with van der Waals surface area (Å²) in [4.78, 5) is 13.6. The molecule has 0 saturated heterocycles. The van der Waals surface area contributed by atoms with E-state index in [0.29, 0.717) is 0 Å². The molecule has 0 fully saturated rings. The summed E-state index contributed by atoms with van der Waals surface area (Å²) in [7, 11) is -4.27. The number of nitrogens with one attached hydrogen (secondary N) is 1. The van der Waals surface area contributed by atoms with E-state index in [2.05, 4.69) is 5.32 Å². The van der Waals surface area contributed by atoms with Crippen LogP contribution in [0.5, 0.6) is 11.5 Å². The van der Waals surface area contributed by atoms with E-state index in [1.807, 2.05) is 60.7 Å². The van der Waals surface area contributed by atoms with Gasteiger partial charge in [0, 0.05) is 0 Å². The van der Waals surface area contributed by atoms with Crippen LogP contribution < -0.4 is 14.4 Å². The number of carbonyl (C=O) groups is 1. The summed E-state index contributed by atoms with van der Waals surface area (Å²) in [6, 6.07) is 35.6. The summed E-state index contributed by atoms with van der Waals surface area (Å²) in [6.07, 6.45) is -0.753. The molecule has 1 unspecified atom stereocenters. The molecule has 0 aliphatic heterocycles. The first kappa shape index (κ1) is 25.2.